The second kappa shape index (κ2) is 11.5. The van der Waals surface area contributed by atoms with Crippen molar-refractivity contribution in [2.45, 2.75) is 19.9 Å². The van der Waals surface area contributed by atoms with E-state index in [1.807, 2.05) is 43.3 Å². The van der Waals surface area contributed by atoms with E-state index in [0.29, 0.717) is 6.54 Å². The molecule has 0 spiro atoms. The zero-order chi connectivity index (χ0) is 17.4. The highest BCUT2D eigenvalue weighted by molar-refractivity contribution is 14.0. The highest BCUT2D eigenvalue weighted by Crippen LogP contribution is 2.18. The van der Waals surface area contributed by atoms with Gasteiger partial charge in [-0.1, -0.05) is 23.7 Å². The van der Waals surface area contributed by atoms with Crippen molar-refractivity contribution in [2.75, 3.05) is 32.1 Å². The number of guanidine groups is 1. The summed E-state index contributed by atoms with van der Waals surface area (Å²) in [4.78, 5) is 11.2. The van der Waals surface area contributed by atoms with Crippen molar-refractivity contribution in [3.8, 4) is 0 Å². The van der Waals surface area contributed by atoms with Crippen LogP contribution in [0, 0.1) is 0 Å². The molecule has 2 rings (SSSR count). The molecule has 1 aromatic heterocycles. The van der Waals surface area contributed by atoms with E-state index in [-0.39, 0.29) is 24.0 Å². The van der Waals surface area contributed by atoms with Gasteiger partial charge in [0.1, 0.15) is 0 Å². The first-order valence-corrected chi connectivity index (χ1v) is 9.22. The van der Waals surface area contributed by atoms with Crippen molar-refractivity contribution < 1.29 is 0 Å². The number of benzene rings is 1. The maximum absolute atomic E-state index is 5.91. The Bertz CT molecular complexity index is 657. The first-order valence-electron chi connectivity index (χ1n) is 7.97. The molecule has 0 aliphatic heterocycles. The van der Waals surface area contributed by atoms with Gasteiger partial charge in [0.05, 0.1) is 12.2 Å². The number of thiazole rings is 1. The van der Waals surface area contributed by atoms with Gasteiger partial charge in [0.2, 0.25) is 0 Å². The van der Waals surface area contributed by atoms with Gasteiger partial charge in [-0.2, -0.15) is 0 Å². The van der Waals surface area contributed by atoms with Crippen LogP contribution in [0.4, 0.5) is 5.13 Å². The van der Waals surface area contributed by atoms with Crippen LogP contribution < -0.4 is 15.5 Å². The second-order valence-corrected chi connectivity index (χ2v) is 6.79. The van der Waals surface area contributed by atoms with E-state index < -0.39 is 0 Å². The summed E-state index contributed by atoms with van der Waals surface area (Å²) >= 11 is 7.54. The molecular formula is C17H25ClIN5S. The predicted molar refractivity (Wildman–Crippen MR) is 120 cm³/mol. The molecule has 1 heterocycles. The normalized spacial score (nSPS) is 11.0. The van der Waals surface area contributed by atoms with Gasteiger partial charge in [0, 0.05) is 37.6 Å². The Kier molecular flexibility index (Phi) is 10.1. The first kappa shape index (κ1) is 22.0. The number of anilines is 1. The Labute approximate surface area is 175 Å². The van der Waals surface area contributed by atoms with Crippen LogP contribution in [-0.2, 0) is 13.0 Å². The summed E-state index contributed by atoms with van der Waals surface area (Å²) in [5.41, 5.74) is 2.23. The van der Waals surface area contributed by atoms with Gasteiger partial charge in [-0.15, -0.1) is 35.3 Å². The summed E-state index contributed by atoms with van der Waals surface area (Å²) in [5, 5.41) is 10.4. The highest BCUT2D eigenvalue weighted by atomic mass is 127. The Morgan fingerprint density at radius 3 is 2.56 bits per heavy atom. The number of hydrogen-bond acceptors (Lipinski definition) is 4. The zero-order valence-electron chi connectivity index (χ0n) is 14.8. The minimum absolute atomic E-state index is 0. The van der Waals surface area contributed by atoms with E-state index >= 15 is 0 Å². The lowest BCUT2D eigenvalue weighted by molar-refractivity contribution is 0.797. The van der Waals surface area contributed by atoms with Crippen molar-refractivity contribution in [1.29, 1.82) is 0 Å². The largest absolute Gasteiger partial charge is 0.357 e. The van der Waals surface area contributed by atoms with Gasteiger partial charge in [0.25, 0.3) is 0 Å². The van der Waals surface area contributed by atoms with Crippen LogP contribution in [0.25, 0.3) is 0 Å². The minimum atomic E-state index is 0. The summed E-state index contributed by atoms with van der Waals surface area (Å²) in [7, 11) is 3.99. The van der Waals surface area contributed by atoms with Crippen molar-refractivity contribution in [1.82, 2.24) is 15.6 Å². The van der Waals surface area contributed by atoms with Crippen LogP contribution in [0.5, 0.6) is 0 Å². The number of aromatic nitrogens is 1. The molecule has 0 bridgehead atoms. The predicted octanol–water partition coefficient (Wildman–Crippen LogP) is 3.78. The van der Waals surface area contributed by atoms with E-state index in [0.717, 1.165) is 41.3 Å². The lowest BCUT2D eigenvalue weighted by Gasteiger charge is -2.11. The quantitative estimate of drug-likeness (QED) is 0.350. The molecule has 25 heavy (non-hydrogen) atoms. The average molecular weight is 494 g/mol. The summed E-state index contributed by atoms with van der Waals surface area (Å²) in [5.74, 6) is 0.811. The molecule has 8 heteroatoms. The maximum atomic E-state index is 5.91. The number of aliphatic imine (C=N–C) groups is 1. The highest BCUT2D eigenvalue weighted by Gasteiger charge is 2.04. The molecule has 0 saturated carbocycles. The smallest absolute Gasteiger partial charge is 0.191 e. The number of rotatable bonds is 7. The molecule has 0 radical (unpaired) electrons. The van der Waals surface area contributed by atoms with Crippen LogP contribution in [-0.4, -0.2) is 38.1 Å². The van der Waals surface area contributed by atoms with Gasteiger partial charge in [-0.3, -0.25) is 0 Å². The molecule has 2 N–H and O–H groups in total. The summed E-state index contributed by atoms with van der Waals surface area (Å²) in [6.07, 6.45) is 0.920. The molecule has 0 aliphatic carbocycles. The lowest BCUT2D eigenvalue weighted by atomic mass is 10.1. The average Bonchev–Trinajstić information content (AvgIpc) is 3.04. The van der Waals surface area contributed by atoms with E-state index in [1.54, 1.807) is 11.3 Å². The molecular weight excluding hydrogens is 469 g/mol. The number of nitrogens with zero attached hydrogens (tertiary/aromatic N) is 3. The number of hydrogen-bond donors (Lipinski definition) is 2. The van der Waals surface area contributed by atoms with Gasteiger partial charge >= 0.3 is 0 Å². The Balaban J connectivity index is 0.00000312. The Morgan fingerprint density at radius 2 is 1.96 bits per heavy atom. The van der Waals surface area contributed by atoms with Crippen LogP contribution in [0.1, 0.15) is 18.2 Å². The molecule has 138 valence electrons. The van der Waals surface area contributed by atoms with E-state index in [2.05, 4.69) is 32.9 Å². The number of halogens is 2. The third-order valence-electron chi connectivity index (χ3n) is 3.28. The topological polar surface area (TPSA) is 52.6 Å². The minimum Gasteiger partial charge on any atom is -0.357 e. The molecule has 2 aromatic rings. The van der Waals surface area contributed by atoms with Gasteiger partial charge in [-0.25, -0.2) is 9.98 Å². The molecule has 1 aromatic carbocycles. The van der Waals surface area contributed by atoms with Crippen LogP contribution in [0.15, 0.2) is 34.6 Å². The monoisotopic (exact) mass is 493 g/mol. The maximum Gasteiger partial charge on any atom is 0.191 e. The Morgan fingerprint density at radius 1 is 1.24 bits per heavy atom. The summed E-state index contributed by atoms with van der Waals surface area (Å²) in [6, 6.07) is 7.93. The van der Waals surface area contributed by atoms with Crippen LogP contribution in [0.2, 0.25) is 5.02 Å². The molecule has 0 fully saturated rings. The van der Waals surface area contributed by atoms with Gasteiger partial charge < -0.3 is 15.5 Å². The fraction of sp³-hybridized carbons (Fsp3) is 0.412. The molecule has 0 aliphatic rings. The van der Waals surface area contributed by atoms with Crippen molar-refractivity contribution in [3.05, 3.63) is 45.9 Å². The van der Waals surface area contributed by atoms with E-state index in [9.17, 15) is 0 Å². The second-order valence-electron chi connectivity index (χ2n) is 5.51. The van der Waals surface area contributed by atoms with Crippen molar-refractivity contribution in [3.63, 3.8) is 0 Å². The summed E-state index contributed by atoms with van der Waals surface area (Å²) in [6.45, 7) is 4.27. The molecule has 5 nitrogen and oxygen atoms in total. The van der Waals surface area contributed by atoms with Crippen molar-refractivity contribution in [2.24, 2.45) is 4.99 Å². The fourth-order valence-corrected chi connectivity index (χ4v) is 2.93. The Hall–Kier alpha value is -1.06. The van der Waals surface area contributed by atoms with Crippen LogP contribution >= 0.6 is 46.9 Å². The van der Waals surface area contributed by atoms with Crippen LogP contribution in [0.3, 0.4) is 0 Å². The lowest BCUT2D eigenvalue weighted by Crippen LogP contribution is -2.38. The van der Waals surface area contributed by atoms with Crippen molar-refractivity contribution >= 4 is 58.0 Å². The van der Waals surface area contributed by atoms with E-state index in [4.69, 9.17) is 11.6 Å². The third-order valence-corrected chi connectivity index (χ3v) is 4.59. The standard InChI is InChI=1S/C17H24ClN5S.HI/c1-4-19-16(20-10-9-13-5-7-14(18)8-6-13)21-11-15-12-24-17(22-15)23(2)3;/h5-8,12H,4,9-11H2,1-3H3,(H2,19,20,21);1H. The summed E-state index contributed by atoms with van der Waals surface area (Å²) < 4.78 is 0. The molecule has 0 atom stereocenters. The van der Waals surface area contributed by atoms with Gasteiger partial charge in [0.15, 0.2) is 11.1 Å². The van der Waals surface area contributed by atoms with Gasteiger partial charge in [-0.05, 0) is 31.0 Å². The SMILES string of the molecule is CCNC(=NCc1csc(N(C)C)n1)NCCc1ccc(Cl)cc1.I. The molecule has 0 amide bonds. The molecule has 0 saturated heterocycles. The van der Waals surface area contributed by atoms with E-state index in [1.165, 1.54) is 5.56 Å². The molecule has 0 unspecified atom stereocenters. The number of nitrogens with one attached hydrogen (secondary N) is 2. The fourth-order valence-electron chi connectivity index (χ4n) is 2.05. The first-order chi connectivity index (χ1) is 11.6. The third kappa shape index (κ3) is 7.79. The zero-order valence-corrected chi connectivity index (χ0v) is 18.7.